The molecule has 1 fully saturated rings. The first-order chi connectivity index (χ1) is 12.4. The Morgan fingerprint density at radius 3 is 2.50 bits per heavy atom. The topological polar surface area (TPSA) is 166 Å². The Balaban J connectivity index is 1.80. The average molecular weight is 374 g/mol. The minimum absolute atomic E-state index is 0.0448. The molecule has 2 heterocycles. The molecule has 10 nitrogen and oxygen atoms in total. The lowest BCUT2D eigenvalue weighted by molar-refractivity contribution is -0.339. The Bertz CT molecular complexity index is 600. The molecular formula is C16H22O10. The van der Waals surface area contributed by atoms with Gasteiger partial charge in [-0.15, -0.1) is 0 Å². The Kier molecular flexibility index (Phi) is 5.63. The van der Waals surface area contributed by atoms with Crippen LogP contribution in [-0.2, 0) is 19.0 Å². The second-order valence-electron chi connectivity index (χ2n) is 6.52. The molecule has 146 valence electrons. The van der Waals surface area contributed by atoms with Gasteiger partial charge in [0.1, 0.15) is 24.4 Å². The molecule has 1 saturated heterocycles. The van der Waals surface area contributed by atoms with Crippen LogP contribution in [0.1, 0.15) is 6.42 Å². The van der Waals surface area contributed by atoms with E-state index in [9.17, 15) is 35.4 Å². The highest BCUT2D eigenvalue weighted by Crippen LogP contribution is 2.44. The smallest absolute Gasteiger partial charge is 0.335 e. The highest BCUT2D eigenvalue weighted by atomic mass is 16.8. The molecule has 26 heavy (non-hydrogen) atoms. The van der Waals surface area contributed by atoms with Crippen molar-refractivity contribution in [2.75, 3.05) is 13.2 Å². The van der Waals surface area contributed by atoms with Crippen LogP contribution >= 0.6 is 0 Å². The zero-order valence-electron chi connectivity index (χ0n) is 13.7. The number of aliphatic hydroxyl groups excluding tert-OH is 5. The summed E-state index contributed by atoms with van der Waals surface area (Å²) in [5.41, 5.74) is 0.583. The minimum atomic E-state index is -1.61. The molecule has 0 unspecified atom stereocenters. The number of aliphatic carboxylic acids is 1. The van der Waals surface area contributed by atoms with Crippen molar-refractivity contribution in [1.82, 2.24) is 0 Å². The van der Waals surface area contributed by atoms with Crippen molar-refractivity contribution in [1.29, 1.82) is 0 Å². The molecule has 0 spiro atoms. The van der Waals surface area contributed by atoms with E-state index in [4.69, 9.17) is 14.2 Å². The van der Waals surface area contributed by atoms with Crippen molar-refractivity contribution >= 4 is 5.97 Å². The van der Waals surface area contributed by atoms with Crippen LogP contribution in [0.4, 0.5) is 0 Å². The monoisotopic (exact) mass is 374 g/mol. The Morgan fingerprint density at radius 1 is 1.15 bits per heavy atom. The number of rotatable bonds is 5. The van der Waals surface area contributed by atoms with E-state index in [1.165, 1.54) is 0 Å². The fourth-order valence-corrected chi connectivity index (χ4v) is 3.62. The average Bonchev–Trinajstić information content (AvgIpc) is 3.06. The van der Waals surface area contributed by atoms with Crippen LogP contribution in [0.25, 0.3) is 0 Å². The first kappa shape index (κ1) is 19.2. The van der Waals surface area contributed by atoms with Crippen molar-refractivity contribution in [2.45, 2.75) is 43.4 Å². The van der Waals surface area contributed by atoms with Gasteiger partial charge in [-0.25, -0.2) is 4.79 Å². The van der Waals surface area contributed by atoms with Crippen LogP contribution in [0.2, 0.25) is 0 Å². The molecule has 8 atom stereocenters. The van der Waals surface area contributed by atoms with Crippen molar-refractivity contribution in [3.63, 3.8) is 0 Å². The fraction of sp³-hybridized carbons (Fsp3) is 0.688. The van der Waals surface area contributed by atoms with E-state index < -0.39 is 61.4 Å². The summed E-state index contributed by atoms with van der Waals surface area (Å²) in [5.74, 6) is -2.22. The predicted octanol–water partition coefficient (Wildman–Crippen LogP) is -2.32. The molecule has 0 amide bonds. The maximum absolute atomic E-state index is 11.4. The first-order valence-corrected chi connectivity index (χ1v) is 8.23. The summed E-state index contributed by atoms with van der Waals surface area (Å²) in [4.78, 5) is 11.4. The standard InChI is InChI=1S/C16H22O10/c17-3-6-1-2-7-8(14(22)23)5-24-15(10(6)7)26-16-13(21)12(20)11(19)9(4-18)25-16/h1,5,7,9-13,15-21H,2-4H2,(H,22,23)/t7-,9+,10+,11+,12-,13+,15+,16-/m1/s1. The molecule has 6 N–H and O–H groups in total. The van der Waals surface area contributed by atoms with Crippen molar-refractivity contribution < 1.29 is 49.6 Å². The van der Waals surface area contributed by atoms with Gasteiger partial charge in [0, 0.05) is 5.92 Å². The molecule has 0 aromatic heterocycles. The summed E-state index contributed by atoms with van der Waals surface area (Å²) in [6.45, 7) is -0.917. The molecule has 0 radical (unpaired) electrons. The summed E-state index contributed by atoms with van der Waals surface area (Å²) in [6.07, 6.45) is -5.21. The van der Waals surface area contributed by atoms with Gasteiger partial charge in [0.2, 0.25) is 6.29 Å². The number of carbonyl (C=O) groups is 1. The Hall–Kier alpha value is -1.53. The second-order valence-corrected chi connectivity index (χ2v) is 6.52. The number of carboxylic acids is 1. The molecule has 1 aliphatic carbocycles. The third kappa shape index (κ3) is 3.25. The largest absolute Gasteiger partial charge is 0.478 e. The van der Waals surface area contributed by atoms with E-state index in [-0.39, 0.29) is 12.2 Å². The fourth-order valence-electron chi connectivity index (χ4n) is 3.62. The van der Waals surface area contributed by atoms with Crippen LogP contribution in [0.3, 0.4) is 0 Å². The molecule has 3 rings (SSSR count). The number of hydrogen-bond donors (Lipinski definition) is 6. The maximum atomic E-state index is 11.4. The summed E-state index contributed by atoms with van der Waals surface area (Å²) >= 11 is 0. The minimum Gasteiger partial charge on any atom is -0.478 e. The van der Waals surface area contributed by atoms with Crippen molar-refractivity contribution in [2.24, 2.45) is 11.8 Å². The third-order valence-corrected chi connectivity index (χ3v) is 5.06. The van der Waals surface area contributed by atoms with Gasteiger partial charge in [-0.1, -0.05) is 6.08 Å². The summed E-state index contributed by atoms with van der Waals surface area (Å²) in [5, 5.41) is 57.8. The molecule has 2 aliphatic heterocycles. The number of allylic oxidation sites excluding steroid dienone is 1. The van der Waals surface area contributed by atoms with Gasteiger partial charge in [0.05, 0.1) is 31.0 Å². The highest BCUT2D eigenvalue weighted by Gasteiger charge is 2.49. The van der Waals surface area contributed by atoms with E-state index in [0.717, 1.165) is 6.26 Å². The quantitative estimate of drug-likeness (QED) is 0.288. The normalized spacial score (nSPS) is 42.5. The van der Waals surface area contributed by atoms with Crippen LogP contribution in [0, 0.1) is 11.8 Å². The molecule has 0 aromatic carbocycles. The number of fused-ring (bicyclic) bond motifs is 1. The van der Waals surface area contributed by atoms with E-state index >= 15 is 0 Å². The molecule has 3 aliphatic rings. The van der Waals surface area contributed by atoms with Gasteiger partial charge in [-0.2, -0.15) is 0 Å². The molecule has 0 bridgehead atoms. The van der Waals surface area contributed by atoms with Crippen molar-refractivity contribution in [3.8, 4) is 0 Å². The zero-order chi connectivity index (χ0) is 19.0. The number of hydrogen-bond acceptors (Lipinski definition) is 9. The first-order valence-electron chi connectivity index (χ1n) is 8.23. The van der Waals surface area contributed by atoms with Crippen LogP contribution in [0.15, 0.2) is 23.5 Å². The Labute approximate surface area is 148 Å². The van der Waals surface area contributed by atoms with Gasteiger partial charge < -0.3 is 44.8 Å². The lowest BCUT2D eigenvalue weighted by atomic mass is 9.83. The highest BCUT2D eigenvalue weighted by molar-refractivity contribution is 5.87. The molecule has 0 aromatic rings. The SMILES string of the molecule is O=C(O)C1=CO[C@@H](O[C@H]2O[C@@H](CO)[C@H](O)[C@@H](O)[C@@H]2O)[C@H]2C(CO)=CC[C@H]12. The van der Waals surface area contributed by atoms with Gasteiger partial charge in [-0.05, 0) is 12.0 Å². The zero-order valence-corrected chi connectivity index (χ0v) is 13.7. The van der Waals surface area contributed by atoms with E-state index in [1.807, 2.05) is 0 Å². The molecule has 0 saturated carbocycles. The van der Waals surface area contributed by atoms with Gasteiger partial charge in [0.15, 0.2) is 6.29 Å². The number of carboxylic acid groups (broad SMARTS) is 1. The summed E-state index contributed by atoms with van der Waals surface area (Å²) < 4.78 is 16.3. The Morgan fingerprint density at radius 2 is 1.88 bits per heavy atom. The van der Waals surface area contributed by atoms with Gasteiger partial charge in [0.25, 0.3) is 0 Å². The molecule has 10 heteroatoms. The van der Waals surface area contributed by atoms with E-state index in [0.29, 0.717) is 12.0 Å². The van der Waals surface area contributed by atoms with Gasteiger partial charge >= 0.3 is 5.97 Å². The number of aliphatic hydroxyl groups is 5. The summed E-state index contributed by atoms with van der Waals surface area (Å²) in [6, 6.07) is 0. The van der Waals surface area contributed by atoms with Crippen LogP contribution in [0.5, 0.6) is 0 Å². The predicted molar refractivity (Wildman–Crippen MR) is 82.2 cm³/mol. The second kappa shape index (κ2) is 7.61. The van der Waals surface area contributed by atoms with E-state index in [2.05, 4.69) is 0 Å². The third-order valence-electron chi connectivity index (χ3n) is 5.06. The lowest BCUT2D eigenvalue weighted by Crippen LogP contribution is -2.60. The van der Waals surface area contributed by atoms with Crippen LogP contribution < -0.4 is 0 Å². The molecular weight excluding hydrogens is 352 g/mol. The lowest BCUT2D eigenvalue weighted by Gasteiger charge is -2.42. The van der Waals surface area contributed by atoms with Gasteiger partial charge in [-0.3, -0.25) is 0 Å². The summed E-state index contributed by atoms with van der Waals surface area (Å²) in [7, 11) is 0. The van der Waals surface area contributed by atoms with Crippen molar-refractivity contribution in [3.05, 3.63) is 23.5 Å². The number of ether oxygens (including phenoxy) is 3. The van der Waals surface area contributed by atoms with Crippen LogP contribution in [-0.4, -0.2) is 86.8 Å². The maximum Gasteiger partial charge on any atom is 0.335 e. The van der Waals surface area contributed by atoms with E-state index in [1.54, 1.807) is 6.08 Å².